The molecule has 1 aromatic heterocycles. The van der Waals surface area contributed by atoms with E-state index < -0.39 is 0 Å². The van der Waals surface area contributed by atoms with Crippen molar-refractivity contribution in [3.8, 4) is 0 Å². The summed E-state index contributed by atoms with van der Waals surface area (Å²) in [6, 6.07) is 11.8. The maximum atomic E-state index is 4.51. The molecule has 1 unspecified atom stereocenters. The average molecular weight is 411 g/mol. The smallest absolute Gasteiger partial charge is 0.191 e. The molecule has 2 N–H and O–H groups in total. The van der Waals surface area contributed by atoms with Gasteiger partial charge in [-0.15, -0.1) is 0 Å². The second kappa shape index (κ2) is 11.2. The van der Waals surface area contributed by atoms with Gasteiger partial charge in [-0.25, -0.2) is 0 Å². The van der Waals surface area contributed by atoms with Crippen molar-refractivity contribution in [3.05, 3.63) is 52.8 Å². The van der Waals surface area contributed by atoms with Crippen LogP contribution in [0.15, 0.2) is 35.3 Å². The average Bonchev–Trinajstić information content (AvgIpc) is 3.07. The molecule has 6 nitrogen and oxygen atoms in total. The van der Waals surface area contributed by atoms with Crippen LogP contribution in [0.3, 0.4) is 0 Å². The molecule has 0 bridgehead atoms. The third kappa shape index (κ3) is 6.59. The minimum absolute atomic E-state index is 0.704. The first-order valence-corrected chi connectivity index (χ1v) is 11.3. The molecule has 1 aliphatic rings. The third-order valence-corrected chi connectivity index (χ3v) is 5.98. The molecule has 1 atom stereocenters. The second-order valence-electron chi connectivity index (χ2n) is 8.49. The molecule has 0 spiro atoms. The molecule has 1 aliphatic heterocycles. The quantitative estimate of drug-likeness (QED) is 0.396. The van der Waals surface area contributed by atoms with E-state index in [1.54, 1.807) is 0 Å². The molecule has 0 radical (unpaired) electrons. The van der Waals surface area contributed by atoms with Gasteiger partial charge in [0, 0.05) is 45.0 Å². The van der Waals surface area contributed by atoms with Gasteiger partial charge in [-0.2, -0.15) is 5.10 Å². The number of nitrogens with zero attached hydrogens (tertiary/aromatic N) is 4. The molecule has 164 valence electrons. The van der Waals surface area contributed by atoms with E-state index in [4.69, 9.17) is 0 Å². The van der Waals surface area contributed by atoms with Crippen molar-refractivity contribution in [1.29, 1.82) is 0 Å². The number of aryl methyl sites for hydroxylation is 3. The highest BCUT2D eigenvalue weighted by molar-refractivity contribution is 5.79. The highest BCUT2D eigenvalue weighted by Gasteiger charge is 2.17. The largest absolute Gasteiger partial charge is 0.356 e. The zero-order valence-electron chi connectivity index (χ0n) is 19.1. The molecule has 2 aromatic rings. The van der Waals surface area contributed by atoms with Gasteiger partial charge in [0.05, 0.1) is 5.69 Å². The van der Waals surface area contributed by atoms with Gasteiger partial charge in [-0.3, -0.25) is 14.6 Å². The highest BCUT2D eigenvalue weighted by Crippen LogP contribution is 2.19. The lowest BCUT2D eigenvalue weighted by molar-refractivity contribution is 0.152. The molecule has 1 saturated heterocycles. The zero-order valence-corrected chi connectivity index (χ0v) is 19.1. The van der Waals surface area contributed by atoms with Crippen LogP contribution >= 0.6 is 0 Å². The van der Waals surface area contributed by atoms with E-state index in [0.717, 1.165) is 44.3 Å². The summed E-state index contributed by atoms with van der Waals surface area (Å²) in [5.74, 6) is 0.842. The summed E-state index contributed by atoms with van der Waals surface area (Å²) in [5, 5.41) is 11.3. The molecule has 6 heteroatoms. The monoisotopic (exact) mass is 410 g/mol. The molecule has 1 aromatic carbocycles. The molecule has 3 rings (SSSR count). The fraction of sp³-hybridized carbons (Fsp3) is 0.583. The Kier molecular flexibility index (Phi) is 8.31. The van der Waals surface area contributed by atoms with Crippen LogP contribution in [0.5, 0.6) is 0 Å². The summed E-state index contributed by atoms with van der Waals surface area (Å²) in [7, 11) is 1.82. The van der Waals surface area contributed by atoms with Crippen LogP contribution in [-0.2, 0) is 19.6 Å². The Balaban J connectivity index is 1.38. The fourth-order valence-electron chi connectivity index (χ4n) is 4.13. The summed E-state index contributed by atoms with van der Waals surface area (Å²) in [6.45, 7) is 11.3. The van der Waals surface area contributed by atoms with Crippen LogP contribution in [0.1, 0.15) is 55.1 Å². The molecule has 1 fully saturated rings. The van der Waals surface area contributed by atoms with Crippen molar-refractivity contribution in [2.24, 2.45) is 4.99 Å². The summed E-state index contributed by atoms with van der Waals surface area (Å²) in [4.78, 5) is 6.94. The number of likely N-dealkylation sites (tertiary alicyclic amines) is 1. The van der Waals surface area contributed by atoms with Crippen molar-refractivity contribution >= 4 is 5.96 Å². The minimum Gasteiger partial charge on any atom is -0.356 e. The summed E-state index contributed by atoms with van der Waals surface area (Å²) in [6.07, 6.45) is 5.04. The topological polar surface area (TPSA) is 57.5 Å². The van der Waals surface area contributed by atoms with Crippen LogP contribution in [0.25, 0.3) is 0 Å². The van der Waals surface area contributed by atoms with Crippen LogP contribution in [0.2, 0.25) is 0 Å². The number of aromatic nitrogens is 2. The van der Waals surface area contributed by atoms with Gasteiger partial charge in [0.15, 0.2) is 5.96 Å². The Morgan fingerprint density at radius 3 is 2.57 bits per heavy atom. The van der Waals surface area contributed by atoms with Gasteiger partial charge in [-0.1, -0.05) is 30.7 Å². The van der Waals surface area contributed by atoms with E-state index in [2.05, 4.69) is 74.5 Å². The number of guanidine groups is 1. The summed E-state index contributed by atoms with van der Waals surface area (Å²) >= 11 is 0. The maximum Gasteiger partial charge on any atom is 0.191 e. The SMILES string of the molecule is CN=C(NCCCn1nc(C)cc1C)NCc1ccc(CN2CCCCC2C)cc1. The lowest BCUT2D eigenvalue weighted by Gasteiger charge is -2.33. The first kappa shape index (κ1) is 22.3. The Labute approximate surface area is 181 Å². The zero-order chi connectivity index (χ0) is 21.3. The van der Waals surface area contributed by atoms with Crippen LogP contribution in [-0.4, -0.2) is 46.8 Å². The van der Waals surface area contributed by atoms with E-state index in [1.807, 2.05) is 14.0 Å². The van der Waals surface area contributed by atoms with E-state index >= 15 is 0 Å². The van der Waals surface area contributed by atoms with Crippen LogP contribution in [0, 0.1) is 13.8 Å². The van der Waals surface area contributed by atoms with E-state index in [9.17, 15) is 0 Å². The van der Waals surface area contributed by atoms with Gasteiger partial charge in [0.25, 0.3) is 0 Å². The maximum absolute atomic E-state index is 4.51. The lowest BCUT2D eigenvalue weighted by atomic mass is 10.0. The van der Waals surface area contributed by atoms with Crippen molar-refractivity contribution in [2.75, 3.05) is 20.1 Å². The van der Waals surface area contributed by atoms with E-state index in [0.29, 0.717) is 6.04 Å². The number of hydrogen-bond acceptors (Lipinski definition) is 3. The first-order chi connectivity index (χ1) is 14.5. The molecular formula is C24H38N6. The Hall–Kier alpha value is -2.34. The fourth-order valence-corrected chi connectivity index (χ4v) is 4.13. The van der Waals surface area contributed by atoms with E-state index in [1.165, 1.54) is 42.6 Å². The number of rotatable bonds is 8. The number of hydrogen-bond donors (Lipinski definition) is 2. The number of piperidine rings is 1. The molecule has 0 aliphatic carbocycles. The first-order valence-electron chi connectivity index (χ1n) is 11.3. The number of nitrogens with one attached hydrogen (secondary N) is 2. The van der Waals surface area contributed by atoms with E-state index in [-0.39, 0.29) is 0 Å². The molecule has 30 heavy (non-hydrogen) atoms. The summed E-state index contributed by atoms with van der Waals surface area (Å²) in [5.41, 5.74) is 4.97. The van der Waals surface area contributed by atoms with Crippen LogP contribution < -0.4 is 10.6 Å². The predicted octanol–water partition coefficient (Wildman–Crippen LogP) is 3.63. The molecule has 2 heterocycles. The Morgan fingerprint density at radius 1 is 1.13 bits per heavy atom. The van der Waals surface area contributed by atoms with Gasteiger partial charge in [-0.05, 0) is 63.8 Å². The number of aliphatic imine (C=N–C) groups is 1. The normalized spacial score (nSPS) is 17.9. The highest BCUT2D eigenvalue weighted by atomic mass is 15.3. The molecule has 0 saturated carbocycles. The third-order valence-electron chi connectivity index (χ3n) is 5.98. The lowest BCUT2D eigenvalue weighted by Crippen LogP contribution is -2.37. The van der Waals surface area contributed by atoms with Crippen molar-refractivity contribution < 1.29 is 0 Å². The standard InChI is InChI=1S/C24H38N6/c1-19-16-21(3)30(28-19)15-7-13-26-24(25-4)27-17-22-9-11-23(12-10-22)18-29-14-6-5-8-20(29)2/h9-12,16,20H,5-8,13-15,17-18H2,1-4H3,(H2,25,26,27). The predicted molar refractivity (Wildman–Crippen MR) is 125 cm³/mol. The number of benzene rings is 1. The van der Waals surface area contributed by atoms with Crippen molar-refractivity contribution in [3.63, 3.8) is 0 Å². The Morgan fingerprint density at radius 2 is 1.90 bits per heavy atom. The Bertz CT molecular complexity index is 808. The second-order valence-corrected chi connectivity index (χ2v) is 8.49. The summed E-state index contributed by atoms with van der Waals surface area (Å²) < 4.78 is 2.07. The van der Waals surface area contributed by atoms with Crippen molar-refractivity contribution in [1.82, 2.24) is 25.3 Å². The van der Waals surface area contributed by atoms with Crippen LogP contribution in [0.4, 0.5) is 0 Å². The molecule has 0 amide bonds. The van der Waals surface area contributed by atoms with Crippen molar-refractivity contribution in [2.45, 2.75) is 72.1 Å². The minimum atomic E-state index is 0.704. The van der Waals surface area contributed by atoms with Gasteiger partial charge in [0.2, 0.25) is 0 Å². The van der Waals surface area contributed by atoms with Gasteiger partial charge < -0.3 is 10.6 Å². The van der Waals surface area contributed by atoms with Gasteiger partial charge in [0.1, 0.15) is 0 Å². The molecular weight excluding hydrogens is 372 g/mol. The van der Waals surface area contributed by atoms with Gasteiger partial charge >= 0.3 is 0 Å².